The van der Waals surface area contributed by atoms with Crippen molar-refractivity contribution >= 4 is 0 Å². The Hall–Kier alpha value is -1.66. The molecule has 1 aliphatic heterocycles. The molecule has 1 N–H and O–H groups in total. The van der Waals surface area contributed by atoms with E-state index in [0.717, 1.165) is 63.5 Å². The van der Waals surface area contributed by atoms with Gasteiger partial charge < -0.3 is 14.3 Å². The summed E-state index contributed by atoms with van der Waals surface area (Å²) in [5.41, 5.74) is 1.40. The summed E-state index contributed by atoms with van der Waals surface area (Å²) in [5.74, 6) is 1.86. The van der Waals surface area contributed by atoms with E-state index in [0.29, 0.717) is 12.6 Å². The summed E-state index contributed by atoms with van der Waals surface area (Å²) in [6.07, 6.45) is 3.10. The summed E-state index contributed by atoms with van der Waals surface area (Å²) in [4.78, 5) is 4.98. The molecule has 1 atom stereocenters. The number of piperazine rings is 1. The van der Waals surface area contributed by atoms with Gasteiger partial charge in [0.1, 0.15) is 18.1 Å². The molecule has 3 rings (SSSR count). The predicted molar refractivity (Wildman–Crippen MR) is 107 cm³/mol. The minimum absolute atomic E-state index is 0.242. The predicted octanol–water partition coefficient (Wildman–Crippen LogP) is 2.93. The fourth-order valence-electron chi connectivity index (χ4n) is 3.90. The van der Waals surface area contributed by atoms with Gasteiger partial charge in [0, 0.05) is 39.4 Å². The topological polar surface area (TPSA) is 49.1 Å². The molecular formula is C22H32N2O3. The maximum absolute atomic E-state index is 9.50. The van der Waals surface area contributed by atoms with Crippen molar-refractivity contribution in [2.24, 2.45) is 0 Å². The molecule has 0 spiro atoms. The standard InChI is InChI=1S/C22H32N2O3/c1-26-18-22-10-9-21(27-22)17-23-13-14-24(20(16-23)11-15-25)12-5-8-19-6-3-2-4-7-19/h2-4,6-7,9-10,20,25H,5,8,11-18H2,1H3. The summed E-state index contributed by atoms with van der Waals surface area (Å²) in [5, 5.41) is 9.50. The highest BCUT2D eigenvalue weighted by Crippen LogP contribution is 2.18. The van der Waals surface area contributed by atoms with Gasteiger partial charge in [0.25, 0.3) is 0 Å². The summed E-state index contributed by atoms with van der Waals surface area (Å²) in [6.45, 7) is 5.73. The van der Waals surface area contributed by atoms with Crippen molar-refractivity contribution in [1.29, 1.82) is 0 Å². The monoisotopic (exact) mass is 372 g/mol. The van der Waals surface area contributed by atoms with Crippen LogP contribution in [0.5, 0.6) is 0 Å². The molecule has 148 valence electrons. The largest absolute Gasteiger partial charge is 0.462 e. The fraction of sp³-hybridized carbons (Fsp3) is 0.545. The Balaban J connectivity index is 1.48. The molecule has 0 aliphatic carbocycles. The van der Waals surface area contributed by atoms with E-state index in [4.69, 9.17) is 9.15 Å². The number of hydrogen-bond donors (Lipinski definition) is 1. The van der Waals surface area contributed by atoms with Gasteiger partial charge in [0.15, 0.2) is 0 Å². The van der Waals surface area contributed by atoms with E-state index in [-0.39, 0.29) is 6.61 Å². The van der Waals surface area contributed by atoms with Crippen LogP contribution in [0, 0.1) is 0 Å². The maximum Gasteiger partial charge on any atom is 0.129 e. The zero-order valence-electron chi connectivity index (χ0n) is 16.3. The summed E-state index contributed by atoms with van der Waals surface area (Å²) < 4.78 is 11.0. The van der Waals surface area contributed by atoms with E-state index in [9.17, 15) is 5.11 Å². The highest BCUT2D eigenvalue weighted by Gasteiger charge is 2.26. The lowest BCUT2D eigenvalue weighted by Gasteiger charge is -2.41. The smallest absolute Gasteiger partial charge is 0.129 e. The average molecular weight is 373 g/mol. The number of aryl methyl sites for hydroxylation is 1. The van der Waals surface area contributed by atoms with E-state index in [1.807, 2.05) is 12.1 Å². The Morgan fingerprint density at radius 3 is 2.70 bits per heavy atom. The van der Waals surface area contributed by atoms with Crippen LogP contribution < -0.4 is 0 Å². The normalized spacial score (nSPS) is 18.8. The molecule has 0 saturated carbocycles. The number of hydrogen-bond acceptors (Lipinski definition) is 5. The van der Waals surface area contributed by atoms with Crippen LogP contribution in [0.4, 0.5) is 0 Å². The molecule has 0 bridgehead atoms. The second kappa shape index (κ2) is 10.6. The van der Waals surface area contributed by atoms with Crippen molar-refractivity contribution in [3.63, 3.8) is 0 Å². The van der Waals surface area contributed by atoms with E-state index >= 15 is 0 Å². The molecule has 2 heterocycles. The van der Waals surface area contributed by atoms with E-state index in [1.54, 1.807) is 7.11 Å². The number of rotatable bonds is 10. The van der Waals surface area contributed by atoms with Crippen molar-refractivity contribution in [3.05, 3.63) is 59.5 Å². The molecule has 1 aromatic heterocycles. The van der Waals surface area contributed by atoms with Crippen LogP contribution in [0.3, 0.4) is 0 Å². The number of aliphatic hydroxyl groups is 1. The molecule has 5 nitrogen and oxygen atoms in total. The second-order valence-electron chi connectivity index (χ2n) is 7.33. The molecule has 2 aromatic rings. The molecule has 0 radical (unpaired) electrons. The summed E-state index contributed by atoms with van der Waals surface area (Å²) in [6, 6.07) is 15.1. The van der Waals surface area contributed by atoms with E-state index in [1.165, 1.54) is 5.56 Å². The van der Waals surface area contributed by atoms with Crippen LogP contribution in [0.25, 0.3) is 0 Å². The molecule has 1 aromatic carbocycles. The number of furan rings is 1. The second-order valence-corrected chi connectivity index (χ2v) is 7.33. The van der Waals surface area contributed by atoms with Gasteiger partial charge in [-0.25, -0.2) is 0 Å². The fourth-order valence-corrected chi connectivity index (χ4v) is 3.90. The molecule has 1 fully saturated rings. The first kappa shape index (κ1) is 20.1. The third kappa shape index (κ3) is 6.18. The molecule has 1 unspecified atom stereocenters. The maximum atomic E-state index is 9.50. The van der Waals surface area contributed by atoms with Crippen LogP contribution in [0.1, 0.15) is 29.9 Å². The minimum atomic E-state index is 0.242. The third-order valence-corrected chi connectivity index (χ3v) is 5.29. The van der Waals surface area contributed by atoms with Gasteiger partial charge in [-0.1, -0.05) is 30.3 Å². The van der Waals surface area contributed by atoms with Gasteiger partial charge >= 0.3 is 0 Å². The first-order chi connectivity index (χ1) is 13.3. The number of nitrogens with zero attached hydrogens (tertiary/aromatic N) is 2. The van der Waals surface area contributed by atoms with Crippen molar-refractivity contribution in [2.75, 3.05) is 39.9 Å². The van der Waals surface area contributed by atoms with Crippen LogP contribution in [0.2, 0.25) is 0 Å². The lowest BCUT2D eigenvalue weighted by molar-refractivity contribution is 0.0508. The average Bonchev–Trinajstić information content (AvgIpc) is 3.12. The Kier molecular flexibility index (Phi) is 7.90. The number of ether oxygens (including phenoxy) is 1. The quantitative estimate of drug-likeness (QED) is 0.695. The Morgan fingerprint density at radius 1 is 1.11 bits per heavy atom. The Bertz CT molecular complexity index is 659. The van der Waals surface area contributed by atoms with Gasteiger partial charge in [-0.05, 0) is 43.5 Å². The molecule has 1 saturated heterocycles. The third-order valence-electron chi connectivity index (χ3n) is 5.29. The van der Waals surface area contributed by atoms with Crippen molar-refractivity contribution in [1.82, 2.24) is 9.80 Å². The molecule has 1 aliphatic rings. The highest BCUT2D eigenvalue weighted by atomic mass is 16.5. The van der Waals surface area contributed by atoms with Gasteiger partial charge in [-0.2, -0.15) is 0 Å². The zero-order chi connectivity index (χ0) is 18.9. The lowest BCUT2D eigenvalue weighted by atomic mass is 10.1. The van der Waals surface area contributed by atoms with Crippen molar-refractivity contribution < 1.29 is 14.3 Å². The Morgan fingerprint density at radius 2 is 1.93 bits per heavy atom. The van der Waals surface area contributed by atoms with Gasteiger partial charge in [-0.15, -0.1) is 0 Å². The molecule has 5 heteroatoms. The van der Waals surface area contributed by atoms with E-state index in [2.05, 4.69) is 40.1 Å². The van der Waals surface area contributed by atoms with Gasteiger partial charge in [0.05, 0.1) is 6.54 Å². The van der Waals surface area contributed by atoms with Crippen LogP contribution >= 0.6 is 0 Å². The lowest BCUT2D eigenvalue weighted by Crippen LogP contribution is -2.53. The van der Waals surface area contributed by atoms with E-state index < -0.39 is 0 Å². The highest BCUT2D eigenvalue weighted by molar-refractivity contribution is 5.14. The minimum Gasteiger partial charge on any atom is -0.462 e. The van der Waals surface area contributed by atoms with Gasteiger partial charge in [-0.3, -0.25) is 9.80 Å². The molecule has 27 heavy (non-hydrogen) atoms. The summed E-state index contributed by atoms with van der Waals surface area (Å²) >= 11 is 0. The molecular weight excluding hydrogens is 340 g/mol. The molecule has 0 amide bonds. The summed E-state index contributed by atoms with van der Waals surface area (Å²) in [7, 11) is 1.68. The van der Waals surface area contributed by atoms with Crippen LogP contribution in [-0.4, -0.2) is 60.8 Å². The van der Waals surface area contributed by atoms with Gasteiger partial charge in [0.2, 0.25) is 0 Å². The van der Waals surface area contributed by atoms with Crippen LogP contribution in [-0.2, 0) is 24.3 Å². The van der Waals surface area contributed by atoms with Crippen LogP contribution in [0.15, 0.2) is 46.9 Å². The first-order valence-corrected chi connectivity index (χ1v) is 9.96. The van der Waals surface area contributed by atoms with Crippen molar-refractivity contribution in [3.8, 4) is 0 Å². The zero-order valence-corrected chi connectivity index (χ0v) is 16.3. The number of methoxy groups -OCH3 is 1. The number of aliphatic hydroxyl groups excluding tert-OH is 1. The Labute approximate surface area is 162 Å². The first-order valence-electron chi connectivity index (χ1n) is 9.96. The SMILES string of the molecule is COCc1ccc(CN2CCN(CCCc3ccccc3)C(CCO)C2)o1. The number of benzene rings is 1. The van der Waals surface area contributed by atoms with Crippen molar-refractivity contribution in [2.45, 2.75) is 38.5 Å².